The fourth-order valence-corrected chi connectivity index (χ4v) is 3.60. The van der Waals surface area contributed by atoms with E-state index in [1.165, 1.54) is 7.11 Å². The number of carbonyl (C=O) groups is 2. The van der Waals surface area contributed by atoms with Crippen LogP contribution >= 0.6 is 0 Å². The second-order valence-electron chi connectivity index (χ2n) is 8.49. The number of methoxy groups -OCH3 is 1. The van der Waals surface area contributed by atoms with E-state index >= 15 is 0 Å². The Kier molecular flexibility index (Phi) is 6.44. The first kappa shape index (κ1) is 21.1. The van der Waals surface area contributed by atoms with Crippen LogP contribution in [0, 0.1) is 5.92 Å². The van der Waals surface area contributed by atoms with Crippen LogP contribution in [0.3, 0.4) is 0 Å². The van der Waals surface area contributed by atoms with Crippen LogP contribution in [0.2, 0.25) is 0 Å². The molecule has 2 amide bonds. The monoisotopic (exact) mass is 406 g/mol. The van der Waals surface area contributed by atoms with E-state index in [9.17, 15) is 9.59 Å². The maximum atomic E-state index is 13.0. The number of carbonyl (C=O) groups excluding carboxylic acids is 2. The number of hydrogen-bond acceptors (Lipinski definition) is 7. The molecule has 2 aliphatic heterocycles. The molecule has 0 aliphatic carbocycles. The molecule has 0 radical (unpaired) electrons. The van der Waals surface area contributed by atoms with Gasteiger partial charge in [0.1, 0.15) is 11.7 Å². The van der Waals surface area contributed by atoms with Gasteiger partial charge in [0.2, 0.25) is 17.7 Å². The van der Waals surface area contributed by atoms with Crippen molar-refractivity contribution in [1.82, 2.24) is 20.0 Å². The number of aromatic nitrogens is 2. The molecule has 160 valence electrons. The summed E-state index contributed by atoms with van der Waals surface area (Å²) < 4.78 is 16.3. The van der Waals surface area contributed by atoms with E-state index in [0.29, 0.717) is 37.9 Å². The second kappa shape index (κ2) is 8.84. The molecule has 3 heterocycles. The molecule has 0 N–H and O–H groups in total. The molecule has 9 nitrogen and oxygen atoms in total. The van der Waals surface area contributed by atoms with E-state index in [1.807, 2.05) is 25.7 Å². The van der Waals surface area contributed by atoms with Gasteiger partial charge in [0, 0.05) is 38.2 Å². The molecule has 2 fully saturated rings. The minimum atomic E-state index is -0.544. The van der Waals surface area contributed by atoms with Crippen molar-refractivity contribution >= 4 is 12.0 Å². The summed E-state index contributed by atoms with van der Waals surface area (Å²) in [5.41, 5.74) is -0.544. The molecule has 3 rings (SSSR count). The van der Waals surface area contributed by atoms with Crippen molar-refractivity contribution in [2.75, 3.05) is 33.3 Å². The minimum Gasteiger partial charge on any atom is -0.480 e. The van der Waals surface area contributed by atoms with Gasteiger partial charge in [-0.2, -0.15) is 0 Å². The van der Waals surface area contributed by atoms with Crippen molar-refractivity contribution in [2.45, 2.75) is 51.7 Å². The summed E-state index contributed by atoms with van der Waals surface area (Å²) in [7, 11) is 1.53. The summed E-state index contributed by atoms with van der Waals surface area (Å²) >= 11 is 0. The smallest absolute Gasteiger partial charge is 0.410 e. The third-order valence-corrected chi connectivity index (χ3v) is 4.99. The first-order chi connectivity index (χ1) is 13.7. The fourth-order valence-electron chi connectivity index (χ4n) is 3.60. The molecule has 2 atom stereocenters. The highest BCUT2D eigenvalue weighted by atomic mass is 16.6. The molecule has 2 aliphatic rings. The summed E-state index contributed by atoms with van der Waals surface area (Å²) in [6.07, 6.45) is 1.85. The Balaban J connectivity index is 1.51. The predicted octanol–water partition coefficient (Wildman–Crippen LogP) is 2.11. The van der Waals surface area contributed by atoms with Crippen LogP contribution in [0.4, 0.5) is 4.79 Å². The SMILES string of the molecule is COc1ccc(OC2CCN(C(=O)C3CCCN(C(=O)OC(C)(C)C)C3)C2)nn1. The average molecular weight is 406 g/mol. The van der Waals surface area contributed by atoms with E-state index in [2.05, 4.69) is 10.2 Å². The predicted molar refractivity (Wildman–Crippen MR) is 105 cm³/mol. The average Bonchev–Trinajstić information content (AvgIpc) is 3.15. The molecule has 29 heavy (non-hydrogen) atoms. The zero-order chi connectivity index (χ0) is 21.0. The van der Waals surface area contributed by atoms with Crippen LogP contribution < -0.4 is 9.47 Å². The lowest BCUT2D eigenvalue weighted by Gasteiger charge is -2.35. The van der Waals surface area contributed by atoms with Gasteiger partial charge in [-0.05, 0) is 33.6 Å². The van der Waals surface area contributed by atoms with Crippen molar-refractivity contribution in [3.8, 4) is 11.8 Å². The van der Waals surface area contributed by atoms with E-state index in [1.54, 1.807) is 17.0 Å². The zero-order valence-electron chi connectivity index (χ0n) is 17.6. The fraction of sp³-hybridized carbons (Fsp3) is 0.700. The number of amides is 2. The quantitative estimate of drug-likeness (QED) is 0.756. The highest BCUT2D eigenvalue weighted by molar-refractivity contribution is 5.80. The molecule has 1 aromatic rings. The molecule has 0 aromatic carbocycles. The lowest BCUT2D eigenvalue weighted by molar-refractivity contribution is -0.136. The van der Waals surface area contributed by atoms with E-state index in [0.717, 1.165) is 19.3 Å². The van der Waals surface area contributed by atoms with Gasteiger partial charge >= 0.3 is 6.09 Å². The largest absolute Gasteiger partial charge is 0.480 e. The molecule has 2 unspecified atom stereocenters. The Bertz CT molecular complexity index is 719. The van der Waals surface area contributed by atoms with Gasteiger partial charge < -0.3 is 24.0 Å². The van der Waals surface area contributed by atoms with Crippen molar-refractivity contribution in [2.24, 2.45) is 5.92 Å². The third-order valence-electron chi connectivity index (χ3n) is 4.99. The number of piperidine rings is 1. The summed E-state index contributed by atoms with van der Waals surface area (Å²) in [6.45, 7) is 7.70. The molecular weight excluding hydrogens is 376 g/mol. The molecule has 0 saturated carbocycles. The first-order valence-electron chi connectivity index (χ1n) is 10.1. The van der Waals surface area contributed by atoms with Crippen LogP contribution in [0.1, 0.15) is 40.0 Å². The van der Waals surface area contributed by atoms with Crippen LogP contribution in [0.5, 0.6) is 11.8 Å². The van der Waals surface area contributed by atoms with Crippen LogP contribution in [-0.2, 0) is 9.53 Å². The Morgan fingerprint density at radius 3 is 2.41 bits per heavy atom. The Morgan fingerprint density at radius 2 is 1.76 bits per heavy atom. The number of rotatable bonds is 4. The first-order valence-corrected chi connectivity index (χ1v) is 10.1. The molecular formula is C20H30N4O5. The van der Waals surface area contributed by atoms with Crippen molar-refractivity contribution < 1.29 is 23.8 Å². The normalized spacial score (nSPS) is 22.3. The van der Waals surface area contributed by atoms with Crippen molar-refractivity contribution in [3.63, 3.8) is 0 Å². The van der Waals surface area contributed by atoms with E-state index in [4.69, 9.17) is 14.2 Å². The van der Waals surface area contributed by atoms with Crippen LogP contribution in [0.25, 0.3) is 0 Å². The maximum absolute atomic E-state index is 13.0. The summed E-state index contributed by atoms with van der Waals surface area (Å²) in [5.74, 6) is 0.715. The third kappa shape index (κ3) is 5.71. The van der Waals surface area contributed by atoms with Crippen LogP contribution in [0.15, 0.2) is 12.1 Å². The number of ether oxygens (including phenoxy) is 3. The van der Waals surface area contributed by atoms with E-state index < -0.39 is 5.60 Å². The highest BCUT2D eigenvalue weighted by Crippen LogP contribution is 2.24. The van der Waals surface area contributed by atoms with Crippen molar-refractivity contribution in [3.05, 3.63) is 12.1 Å². The molecule has 9 heteroatoms. The van der Waals surface area contributed by atoms with Gasteiger partial charge in [-0.25, -0.2) is 4.79 Å². The number of hydrogen-bond donors (Lipinski definition) is 0. The standard InChI is InChI=1S/C20H30N4O5/c1-20(2,3)29-19(26)24-10-5-6-14(12-24)18(25)23-11-9-15(13-23)28-17-8-7-16(27-4)21-22-17/h7-8,14-15H,5-6,9-13H2,1-4H3. The molecule has 2 saturated heterocycles. The lowest BCUT2D eigenvalue weighted by Crippen LogP contribution is -2.47. The minimum absolute atomic E-state index is 0.0742. The van der Waals surface area contributed by atoms with Gasteiger partial charge in [-0.15, -0.1) is 10.2 Å². The summed E-state index contributed by atoms with van der Waals surface area (Å²) in [6, 6.07) is 3.39. The summed E-state index contributed by atoms with van der Waals surface area (Å²) in [5, 5.41) is 7.86. The molecule has 0 bridgehead atoms. The Hall–Kier alpha value is -2.58. The summed E-state index contributed by atoms with van der Waals surface area (Å²) in [4.78, 5) is 28.8. The maximum Gasteiger partial charge on any atom is 0.410 e. The topological polar surface area (TPSA) is 94.1 Å². The van der Waals surface area contributed by atoms with Crippen molar-refractivity contribution in [1.29, 1.82) is 0 Å². The Labute approximate surface area is 171 Å². The zero-order valence-corrected chi connectivity index (χ0v) is 17.6. The van der Waals surface area contributed by atoms with Gasteiger partial charge in [-0.1, -0.05) is 0 Å². The highest BCUT2D eigenvalue weighted by Gasteiger charge is 2.36. The number of likely N-dealkylation sites (tertiary alicyclic amines) is 2. The van der Waals surface area contributed by atoms with Gasteiger partial charge in [0.05, 0.1) is 19.6 Å². The van der Waals surface area contributed by atoms with Gasteiger partial charge in [0.25, 0.3) is 0 Å². The number of nitrogens with zero attached hydrogens (tertiary/aromatic N) is 4. The van der Waals surface area contributed by atoms with Gasteiger partial charge in [-0.3, -0.25) is 4.79 Å². The van der Waals surface area contributed by atoms with E-state index in [-0.39, 0.29) is 24.0 Å². The lowest BCUT2D eigenvalue weighted by atomic mass is 9.97. The molecule has 1 aromatic heterocycles. The Morgan fingerprint density at radius 1 is 1.03 bits per heavy atom. The molecule has 0 spiro atoms. The van der Waals surface area contributed by atoms with Gasteiger partial charge in [0.15, 0.2) is 0 Å². The second-order valence-corrected chi connectivity index (χ2v) is 8.49. The van der Waals surface area contributed by atoms with Crippen LogP contribution in [-0.4, -0.2) is 77.0 Å².